The van der Waals surface area contributed by atoms with Crippen molar-refractivity contribution in [3.8, 4) is 17.2 Å². The molecule has 2 N–H and O–H groups in total. The molecule has 156 valence electrons. The summed E-state index contributed by atoms with van der Waals surface area (Å²) in [6.07, 6.45) is 1.90. The highest BCUT2D eigenvalue weighted by molar-refractivity contribution is 7.91. The molecule has 0 unspecified atom stereocenters. The van der Waals surface area contributed by atoms with Crippen LogP contribution in [0, 0.1) is 5.92 Å². The largest absolute Gasteiger partial charge is 0.454 e. The zero-order valence-electron chi connectivity index (χ0n) is 15.1. The maximum Gasteiger partial charge on any atom is 0.387 e. The first-order valence-corrected chi connectivity index (χ1v) is 10.7. The number of fused-ring (bicyclic) bond motifs is 1. The number of alkyl halides is 2. The lowest BCUT2D eigenvalue weighted by Crippen LogP contribution is -2.36. The third-order valence-electron chi connectivity index (χ3n) is 4.72. The number of ether oxygens (including phenoxy) is 3. The Hall–Kier alpha value is -2.30. The molecule has 11 heteroatoms. The third-order valence-corrected chi connectivity index (χ3v) is 6.44. The first-order valence-electron chi connectivity index (χ1n) is 8.92. The first kappa shape index (κ1) is 20.4. The van der Waals surface area contributed by atoms with E-state index in [4.69, 9.17) is 9.47 Å². The van der Waals surface area contributed by atoms with E-state index in [1.165, 1.54) is 12.1 Å². The van der Waals surface area contributed by atoms with Crippen molar-refractivity contribution in [1.29, 1.82) is 0 Å². The lowest BCUT2D eigenvalue weighted by molar-refractivity contribution is -0.0505. The number of rotatable bonds is 7. The molecular formula is C17H22F2N2O6S. The van der Waals surface area contributed by atoms with Gasteiger partial charge in [0.15, 0.2) is 11.5 Å². The molecule has 0 radical (unpaired) electrons. The fourth-order valence-corrected chi connectivity index (χ4v) is 4.75. The predicted molar refractivity (Wildman–Crippen MR) is 95.4 cm³/mol. The van der Waals surface area contributed by atoms with Gasteiger partial charge in [-0.3, -0.25) is 0 Å². The molecule has 0 bridgehead atoms. The number of carbonyl (C=O) groups excluding carboxylic acids is 1. The number of hydrogen-bond acceptors (Lipinski definition) is 6. The molecule has 8 nitrogen and oxygen atoms in total. The van der Waals surface area contributed by atoms with Crippen molar-refractivity contribution in [1.82, 2.24) is 10.6 Å². The second-order valence-corrected chi connectivity index (χ2v) is 8.99. The van der Waals surface area contributed by atoms with Crippen LogP contribution in [-0.2, 0) is 16.4 Å². The van der Waals surface area contributed by atoms with Crippen molar-refractivity contribution >= 4 is 15.9 Å². The maximum absolute atomic E-state index is 12.6. The zero-order chi connectivity index (χ0) is 20.1. The number of carbonyl (C=O) groups is 1. The van der Waals surface area contributed by atoms with Crippen LogP contribution >= 0.6 is 0 Å². The van der Waals surface area contributed by atoms with Gasteiger partial charge in [0.05, 0.1) is 11.5 Å². The van der Waals surface area contributed by atoms with Crippen LogP contribution < -0.4 is 24.8 Å². The fraction of sp³-hybridized carbons (Fsp3) is 0.588. The molecule has 0 aromatic heterocycles. The van der Waals surface area contributed by atoms with Gasteiger partial charge < -0.3 is 24.8 Å². The number of benzene rings is 1. The quantitative estimate of drug-likeness (QED) is 0.700. The van der Waals surface area contributed by atoms with E-state index in [0.717, 1.165) is 0 Å². The third kappa shape index (κ3) is 5.60. The van der Waals surface area contributed by atoms with E-state index in [1.807, 2.05) is 0 Å². The summed E-state index contributed by atoms with van der Waals surface area (Å²) in [5, 5.41) is 5.28. The summed E-state index contributed by atoms with van der Waals surface area (Å²) in [7, 11) is -2.90. The Morgan fingerprint density at radius 3 is 2.54 bits per heavy atom. The topological polar surface area (TPSA) is 103 Å². The van der Waals surface area contributed by atoms with Gasteiger partial charge in [0.2, 0.25) is 6.79 Å². The average molecular weight is 420 g/mol. The van der Waals surface area contributed by atoms with E-state index in [-0.39, 0.29) is 36.5 Å². The fourth-order valence-electron chi connectivity index (χ4n) is 3.16. The van der Waals surface area contributed by atoms with Crippen molar-refractivity contribution in [2.75, 3.05) is 24.8 Å². The number of amides is 2. The number of urea groups is 1. The van der Waals surface area contributed by atoms with Crippen molar-refractivity contribution in [2.45, 2.75) is 32.4 Å². The molecule has 1 fully saturated rings. The highest BCUT2D eigenvalue weighted by atomic mass is 32.2. The van der Waals surface area contributed by atoms with Gasteiger partial charge in [-0.05, 0) is 31.2 Å². The summed E-state index contributed by atoms with van der Waals surface area (Å²) in [5.74, 6) is 1.26. The summed E-state index contributed by atoms with van der Waals surface area (Å²) < 4.78 is 62.9. The van der Waals surface area contributed by atoms with Crippen LogP contribution in [0.25, 0.3) is 0 Å². The number of halogens is 2. The Labute approximate surface area is 161 Å². The van der Waals surface area contributed by atoms with E-state index in [9.17, 15) is 22.0 Å². The average Bonchev–Trinajstić information content (AvgIpc) is 3.08. The van der Waals surface area contributed by atoms with Gasteiger partial charge in [-0.2, -0.15) is 8.78 Å². The molecule has 28 heavy (non-hydrogen) atoms. The second kappa shape index (κ2) is 8.80. The highest BCUT2D eigenvalue weighted by Crippen LogP contribution is 2.38. The Balaban J connectivity index is 1.46. The minimum Gasteiger partial charge on any atom is -0.454 e. The lowest BCUT2D eigenvalue weighted by Gasteiger charge is -2.21. The highest BCUT2D eigenvalue weighted by Gasteiger charge is 2.23. The van der Waals surface area contributed by atoms with Gasteiger partial charge in [0, 0.05) is 24.7 Å². The van der Waals surface area contributed by atoms with Crippen LogP contribution in [0.1, 0.15) is 24.8 Å². The normalized spacial score (nSPS) is 18.1. The SMILES string of the molecule is O=C(NCCC1CCS(=O)(=O)CC1)NCc1cc2c(cc1OC(F)F)OCO2. The first-order chi connectivity index (χ1) is 13.3. The van der Waals surface area contributed by atoms with Crippen LogP contribution in [0.4, 0.5) is 13.6 Å². The van der Waals surface area contributed by atoms with Gasteiger partial charge >= 0.3 is 12.6 Å². The zero-order valence-corrected chi connectivity index (χ0v) is 15.9. The van der Waals surface area contributed by atoms with Crippen molar-refractivity contribution in [3.63, 3.8) is 0 Å². The Kier molecular flexibility index (Phi) is 6.42. The molecule has 2 aliphatic rings. The number of sulfone groups is 1. The molecule has 3 rings (SSSR count). The van der Waals surface area contributed by atoms with Crippen LogP contribution in [-0.4, -0.2) is 45.9 Å². The summed E-state index contributed by atoms with van der Waals surface area (Å²) in [5.41, 5.74) is 0.331. The molecule has 1 aromatic carbocycles. The van der Waals surface area contributed by atoms with Crippen molar-refractivity contribution < 1.29 is 36.2 Å². The molecular weight excluding hydrogens is 398 g/mol. The van der Waals surface area contributed by atoms with Gasteiger partial charge in [-0.1, -0.05) is 0 Å². The standard InChI is InChI=1S/C17H22F2N2O6S/c18-16(19)27-13-8-15-14(25-10-26-15)7-12(13)9-21-17(22)20-4-1-11-2-5-28(23,24)6-3-11/h7-8,11,16H,1-6,9-10H2,(H2,20,21,22). The van der Waals surface area contributed by atoms with Crippen LogP contribution in [0.3, 0.4) is 0 Å². The molecule has 1 aromatic rings. The van der Waals surface area contributed by atoms with E-state index < -0.39 is 22.5 Å². The number of hydrogen-bond donors (Lipinski definition) is 2. The molecule has 0 aliphatic carbocycles. The van der Waals surface area contributed by atoms with E-state index in [0.29, 0.717) is 42.9 Å². The molecule has 2 aliphatic heterocycles. The molecule has 0 atom stereocenters. The maximum atomic E-state index is 12.6. The predicted octanol–water partition coefficient (Wildman–Crippen LogP) is 2.03. The van der Waals surface area contributed by atoms with Crippen LogP contribution in [0.2, 0.25) is 0 Å². The minimum atomic E-state index is -3.01. The summed E-state index contributed by atoms with van der Waals surface area (Å²) >= 11 is 0. The second-order valence-electron chi connectivity index (χ2n) is 6.69. The molecule has 0 saturated carbocycles. The monoisotopic (exact) mass is 420 g/mol. The van der Waals surface area contributed by atoms with E-state index in [1.54, 1.807) is 0 Å². The van der Waals surface area contributed by atoms with Crippen molar-refractivity contribution in [2.24, 2.45) is 5.92 Å². The van der Waals surface area contributed by atoms with Crippen LogP contribution in [0.5, 0.6) is 17.2 Å². The molecule has 1 saturated heterocycles. The summed E-state index contributed by atoms with van der Waals surface area (Å²) in [6, 6.07) is 2.34. The lowest BCUT2D eigenvalue weighted by atomic mass is 9.99. The van der Waals surface area contributed by atoms with E-state index in [2.05, 4.69) is 15.4 Å². The van der Waals surface area contributed by atoms with Gasteiger partial charge in [-0.15, -0.1) is 0 Å². The van der Waals surface area contributed by atoms with Crippen molar-refractivity contribution in [3.05, 3.63) is 17.7 Å². The minimum absolute atomic E-state index is 0.0106. The Morgan fingerprint density at radius 1 is 1.18 bits per heavy atom. The van der Waals surface area contributed by atoms with Crippen LogP contribution in [0.15, 0.2) is 12.1 Å². The Bertz CT molecular complexity index is 804. The molecule has 2 heterocycles. The van der Waals surface area contributed by atoms with E-state index >= 15 is 0 Å². The molecule has 0 spiro atoms. The van der Waals surface area contributed by atoms with Gasteiger partial charge in [0.25, 0.3) is 0 Å². The smallest absolute Gasteiger partial charge is 0.387 e. The summed E-state index contributed by atoms with van der Waals surface area (Å²) in [4.78, 5) is 12.0. The molecule has 2 amide bonds. The summed E-state index contributed by atoms with van der Waals surface area (Å²) in [6.45, 7) is -2.65. The van der Waals surface area contributed by atoms with Gasteiger partial charge in [-0.25, -0.2) is 13.2 Å². The number of nitrogens with one attached hydrogen (secondary N) is 2. The van der Waals surface area contributed by atoms with Gasteiger partial charge in [0.1, 0.15) is 15.6 Å². The Morgan fingerprint density at radius 2 is 1.86 bits per heavy atom.